The quantitative estimate of drug-likeness (QED) is 0.640. The number of hydrogen-bond acceptors (Lipinski definition) is 5. The number of H-pyrrole nitrogens is 1. The van der Waals surface area contributed by atoms with Crippen LogP contribution in [0, 0.1) is 13.8 Å². The lowest BCUT2D eigenvalue weighted by Gasteiger charge is -2.02. The van der Waals surface area contributed by atoms with Crippen molar-refractivity contribution in [2.24, 2.45) is 0 Å². The van der Waals surface area contributed by atoms with Crippen LogP contribution >= 0.6 is 0 Å². The zero-order chi connectivity index (χ0) is 12.0. The molecule has 3 rings (SSSR count). The molecule has 0 bridgehead atoms. The Morgan fingerprint density at radius 2 is 2.06 bits per heavy atom. The molecule has 0 amide bonds. The summed E-state index contributed by atoms with van der Waals surface area (Å²) in [5, 5.41) is 14.8. The highest BCUT2D eigenvalue weighted by atomic mass is 15.3. The Kier molecular flexibility index (Phi) is 1.88. The van der Waals surface area contributed by atoms with Crippen molar-refractivity contribution in [2.45, 2.75) is 13.8 Å². The van der Waals surface area contributed by atoms with Crippen LogP contribution in [0.25, 0.3) is 17.3 Å². The number of nitrogens with two attached hydrogens (primary N) is 1. The summed E-state index contributed by atoms with van der Waals surface area (Å²) in [5.41, 5.74) is 8.23. The fraction of sp³-hybridized carbons (Fsp3) is 0.200. The number of nitrogen functional groups attached to an aromatic ring is 1. The van der Waals surface area contributed by atoms with Gasteiger partial charge in [-0.2, -0.15) is 5.10 Å². The molecule has 17 heavy (non-hydrogen) atoms. The molecule has 86 valence electrons. The summed E-state index contributed by atoms with van der Waals surface area (Å²) in [6.07, 6.45) is 0. The summed E-state index contributed by atoms with van der Waals surface area (Å²) in [7, 11) is 0. The number of aromatic nitrogens is 6. The van der Waals surface area contributed by atoms with Crippen molar-refractivity contribution in [1.29, 1.82) is 0 Å². The second-order valence-corrected chi connectivity index (χ2v) is 3.90. The van der Waals surface area contributed by atoms with E-state index >= 15 is 0 Å². The zero-order valence-electron chi connectivity index (χ0n) is 9.47. The van der Waals surface area contributed by atoms with E-state index in [2.05, 4.69) is 25.4 Å². The Balaban J connectivity index is 2.31. The van der Waals surface area contributed by atoms with Crippen LogP contribution in [0.1, 0.15) is 11.4 Å². The smallest absolute Gasteiger partial charge is 0.255 e. The maximum Gasteiger partial charge on any atom is 0.255 e. The van der Waals surface area contributed by atoms with Crippen LogP contribution < -0.4 is 5.73 Å². The fourth-order valence-corrected chi connectivity index (χ4v) is 1.86. The Morgan fingerprint density at radius 3 is 2.76 bits per heavy atom. The Bertz CT molecular complexity index is 694. The van der Waals surface area contributed by atoms with Gasteiger partial charge in [-0.15, -0.1) is 10.2 Å². The summed E-state index contributed by atoms with van der Waals surface area (Å²) < 4.78 is 1.86. The van der Waals surface area contributed by atoms with Crippen LogP contribution in [0.5, 0.6) is 0 Å². The van der Waals surface area contributed by atoms with Crippen LogP contribution in [0.2, 0.25) is 0 Å². The molecular weight excluding hydrogens is 218 g/mol. The molecule has 0 aliphatic carbocycles. The summed E-state index contributed by atoms with van der Waals surface area (Å²) >= 11 is 0. The van der Waals surface area contributed by atoms with Crippen molar-refractivity contribution < 1.29 is 0 Å². The second-order valence-electron chi connectivity index (χ2n) is 3.90. The number of nitrogens with zero attached hydrogens (tertiary/aromatic N) is 5. The third-order valence-corrected chi connectivity index (χ3v) is 2.53. The number of aryl methyl sites for hydroxylation is 2. The van der Waals surface area contributed by atoms with Gasteiger partial charge in [-0.25, -0.2) is 4.98 Å². The summed E-state index contributed by atoms with van der Waals surface area (Å²) in [4.78, 5) is 4.31. The highest BCUT2D eigenvalue weighted by Crippen LogP contribution is 2.18. The first kappa shape index (κ1) is 9.76. The molecule has 3 N–H and O–H groups in total. The average molecular weight is 229 g/mol. The lowest BCUT2D eigenvalue weighted by atomic mass is 10.3. The van der Waals surface area contributed by atoms with Gasteiger partial charge in [0.05, 0.1) is 0 Å². The molecule has 0 unspecified atom stereocenters. The summed E-state index contributed by atoms with van der Waals surface area (Å²) in [6.45, 7) is 3.91. The van der Waals surface area contributed by atoms with E-state index in [4.69, 9.17) is 5.73 Å². The van der Waals surface area contributed by atoms with E-state index < -0.39 is 0 Å². The molecule has 7 nitrogen and oxygen atoms in total. The van der Waals surface area contributed by atoms with Gasteiger partial charge in [-0.1, -0.05) is 0 Å². The van der Waals surface area contributed by atoms with E-state index in [9.17, 15) is 0 Å². The van der Waals surface area contributed by atoms with Gasteiger partial charge >= 0.3 is 0 Å². The molecule has 0 fully saturated rings. The molecular formula is C10H11N7. The molecule has 0 spiro atoms. The second kappa shape index (κ2) is 3.27. The number of fused-ring (bicyclic) bond motifs is 1. The van der Waals surface area contributed by atoms with E-state index in [0.29, 0.717) is 17.4 Å². The largest absolute Gasteiger partial charge is 0.382 e. The van der Waals surface area contributed by atoms with Gasteiger partial charge in [0.2, 0.25) is 0 Å². The van der Waals surface area contributed by atoms with E-state index in [1.165, 1.54) is 0 Å². The standard InChI is InChI=1S/C10H11N7/c1-5-3-6(2)17-9(15-16-10(17)12-5)7-4-8(11)14-13-7/h3-4H,1-2H3,(H3,11,13,14). The molecule has 0 aromatic carbocycles. The van der Waals surface area contributed by atoms with Crippen LogP contribution in [0.3, 0.4) is 0 Å². The zero-order valence-corrected chi connectivity index (χ0v) is 9.47. The van der Waals surface area contributed by atoms with Gasteiger partial charge in [-0.05, 0) is 19.9 Å². The molecule has 0 aliphatic rings. The molecule has 3 aromatic rings. The summed E-state index contributed by atoms with van der Waals surface area (Å²) in [6, 6.07) is 3.69. The first-order valence-electron chi connectivity index (χ1n) is 5.16. The van der Waals surface area contributed by atoms with Crippen molar-refractivity contribution in [3.05, 3.63) is 23.5 Å². The molecule has 3 aromatic heterocycles. The van der Waals surface area contributed by atoms with Gasteiger partial charge < -0.3 is 5.73 Å². The topological polar surface area (TPSA) is 97.8 Å². The van der Waals surface area contributed by atoms with Crippen LogP contribution in [0.15, 0.2) is 12.1 Å². The van der Waals surface area contributed by atoms with Gasteiger partial charge in [-0.3, -0.25) is 9.50 Å². The number of nitrogens with one attached hydrogen (secondary N) is 1. The molecule has 7 heteroatoms. The minimum Gasteiger partial charge on any atom is -0.382 e. The van der Waals surface area contributed by atoms with Gasteiger partial charge in [0.1, 0.15) is 11.5 Å². The van der Waals surface area contributed by atoms with E-state index in [1.807, 2.05) is 24.3 Å². The predicted molar refractivity (Wildman–Crippen MR) is 62.3 cm³/mol. The first-order chi connectivity index (χ1) is 8.15. The molecule has 0 atom stereocenters. The Hall–Kier alpha value is -2.44. The number of rotatable bonds is 1. The SMILES string of the molecule is Cc1cc(C)n2c(-c3cc(N)n[nH]3)nnc2n1. The van der Waals surface area contributed by atoms with E-state index in [1.54, 1.807) is 6.07 Å². The molecule has 3 heterocycles. The van der Waals surface area contributed by atoms with Crippen molar-refractivity contribution in [2.75, 3.05) is 5.73 Å². The first-order valence-corrected chi connectivity index (χ1v) is 5.16. The Morgan fingerprint density at radius 1 is 1.24 bits per heavy atom. The van der Waals surface area contributed by atoms with Crippen molar-refractivity contribution >= 4 is 11.6 Å². The predicted octanol–water partition coefficient (Wildman–Crippen LogP) is 0.713. The van der Waals surface area contributed by atoms with E-state index in [-0.39, 0.29) is 0 Å². The van der Waals surface area contributed by atoms with Crippen molar-refractivity contribution in [1.82, 2.24) is 29.8 Å². The van der Waals surface area contributed by atoms with Gasteiger partial charge in [0, 0.05) is 17.5 Å². The monoisotopic (exact) mass is 229 g/mol. The molecule has 0 aliphatic heterocycles. The highest BCUT2D eigenvalue weighted by molar-refractivity contribution is 5.57. The molecule has 0 saturated carbocycles. The van der Waals surface area contributed by atoms with Crippen LogP contribution in [-0.4, -0.2) is 29.8 Å². The molecule has 0 saturated heterocycles. The maximum absolute atomic E-state index is 5.58. The van der Waals surface area contributed by atoms with Crippen molar-refractivity contribution in [3.63, 3.8) is 0 Å². The van der Waals surface area contributed by atoms with Gasteiger partial charge in [0.15, 0.2) is 5.82 Å². The van der Waals surface area contributed by atoms with Crippen molar-refractivity contribution in [3.8, 4) is 11.5 Å². The molecule has 0 radical (unpaired) electrons. The Labute approximate surface area is 96.7 Å². The van der Waals surface area contributed by atoms with Crippen LogP contribution in [0.4, 0.5) is 5.82 Å². The van der Waals surface area contributed by atoms with Crippen LogP contribution in [-0.2, 0) is 0 Å². The highest BCUT2D eigenvalue weighted by Gasteiger charge is 2.13. The lowest BCUT2D eigenvalue weighted by Crippen LogP contribution is -1.98. The van der Waals surface area contributed by atoms with Gasteiger partial charge in [0.25, 0.3) is 5.78 Å². The fourth-order valence-electron chi connectivity index (χ4n) is 1.86. The minimum atomic E-state index is 0.425. The normalized spacial score (nSPS) is 11.2. The minimum absolute atomic E-state index is 0.425. The third-order valence-electron chi connectivity index (χ3n) is 2.53. The maximum atomic E-state index is 5.58. The lowest BCUT2D eigenvalue weighted by molar-refractivity contribution is 1.00. The number of hydrogen-bond donors (Lipinski definition) is 2. The number of anilines is 1. The third kappa shape index (κ3) is 1.43. The van der Waals surface area contributed by atoms with E-state index in [0.717, 1.165) is 17.1 Å². The average Bonchev–Trinajstić information content (AvgIpc) is 2.83. The summed E-state index contributed by atoms with van der Waals surface area (Å²) in [5.74, 6) is 1.66. The number of aromatic amines is 1.